The zero-order valence-electron chi connectivity index (χ0n) is 13.4. The molecule has 134 valence electrons. The maximum Gasteiger partial charge on any atom is 0.232 e. The largest absolute Gasteiger partial charge is 0.471 e. The van der Waals surface area contributed by atoms with Gasteiger partial charge in [0.15, 0.2) is 0 Å². The first-order valence-electron chi connectivity index (χ1n) is 7.95. The summed E-state index contributed by atoms with van der Waals surface area (Å²) in [4.78, 5) is 6.59. The monoisotopic (exact) mass is 554 g/mol. The number of nitrogens with zero attached hydrogens (tertiary/aromatic N) is 2. The molecular formula is C17H18BrClIN2O2P. The molecule has 0 N–H and O–H groups in total. The van der Waals surface area contributed by atoms with Crippen molar-refractivity contribution in [2.45, 2.75) is 18.9 Å². The predicted molar refractivity (Wildman–Crippen MR) is 117 cm³/mol. The van der Waals surface area contributed by atoms with Gasteiger partial charge in [0, 0.05) is 29.3 Å². The van der Waals surface area contributed by atoms with Crippen LogP contribution in [0.5, 0.6) is 5.88 Å². The lowest BCUT2D eigenvalue weighted by Crippen LogP contribution is -2.25. The zero-order valence-corrected chi connectivity index (χ0v) is 18.9. The molecule has 8 heteroatoms. The van der Waals surface area contributed by atoms with Crippen LogP contribution in [0, 0.1) is 0 Å². The number of ether oxygens (including phenoxy) is 1. The first-order valence-corrected chi connectivity index (χ1v) is 13.1. The van der Waals surface area contributed by atoms with E-state index in [-0.39, 0.29) is 6.10 Å². The first kappa shape index (κ1) is 19.6. The van der Waals surface area contributed by atoms with E-state index in [4.69, 9.17) is 20.9 Å². The van der Waals surface area contributed by atoms with Gasteiger partial charge in [0.2, 0.25) is 5.88 Å². The van der Waals surface area contributed by atoms with Gasteiger partial charge >= 0.3 is 0 Å². The van der Waals surface area contributed by atoms with E-state index in [0.717, 1.165) is 37.0 Å². The van der Waals surface area contributed by atoms with Crippen LogP contribution in [0.3, 0.4) is 0 Å². The van der Waals surface area contributed by atoms with Gasteiger partial charge in [-0.25, -0.2) is 4.98 Å². The molecule has 0 radical (unpaired) electrons. The van der Waals surface area contributed by atoms with Crippen molar-refractivity contribution in [2.24, 2.45) is 0 Å². The average Bonchev–Trinajstić information content (AvgIpc) is 3.06. The van der Waals surface area contributed by atoms with E-state index >= 15 is 0 Å². The van der Waals surface area contributed by atoms with Gasteiger partial charge in [0.25, 0.3) is 0 Å². The molecule has 25 heavy (non-hydrogen) atoms. The summed E-state index contributed by atoms with van der Waals surface area (Å²) in [5.41, 5.74) is 2.54. The van der Waals surface area contributed by atoms with Crippen molar-refractivity contribution >= 4 is 61.7 Å². The van der Waals surface area contributed by atoms with Crippen molar-refractivity contribution in [3.05, 3.63) is 51.6 Å². The topological polar surface area (TPSA) is 34.6 Å². The van der Waals surface area contributed by atoms with Crippen LogP contribution in [0.4, 0.5) is 5.69 Å². The quantitative estimate of drug-likeness (QED) is 0.251. The average molecular weight is 556 g/mol. The number of halogens is 3. The van der Waals surface area contributed by atoms with Gasteiger partial charge in [-0.15, -0.1) is 0 Å². The maximum atomic E-state index is 6.15. The third-order valence-corrected chi connectivity index (χ3v) is 6.09. The number of anilines is 1. The molecule has 0 aliphatic carbocycles. The normalized spacial score (nSPS) is 17.6. The predicted octanol–water partition coefficient (Wildman–Crippen LogP) is 5.66. The Hall–Kier alpha value is -0.140. The van der Waals surface area contributed by atoms with E-state index in [1.165, 1.54) is 11.3 Å². The number of hydrogen-bond acceptors (Lipinski definition) is 4. The second-order valence-electron chi connectivity index (χ2n) is 5.71. The van der Waals surface area contributed by atoms with Gasteiger partial charge in [-0.2, -0.15) is 0 Å². The van der Waals surface area contributed by atoms with Crippen LogP contribution < -0.4 is 9.64 Å². The van der Waals surface area contributed by atoms with Crippen molar-refractivity contribution < 1.29 is 9.26 Å². The summed E-state index contributed by atoms with van der Waals surface area (Å²) in [7, 11) is 0. The molecule has 4 nitrogen and oxygen atoms in total. The van der Waals surface area contributed by atoms with Crippen molar-refractivity contribution in [3.63, 3.8) is 0 Å². The minimum Gasteiger partial charge on any atom is -0.471 e. The highest BCUT2D eigenvalue weighted by Gasteiger charge is 2.26. The fourth-order valence-corrected chi connectivity index (χ4v) is 4.34. The highest BCUT2D eigenvalue weighted by Crippen LogP contribution is 2.31. The standard InChI is InChI=1S/C17H18BrClIN2O2P/c18-13-3-4-16(12(10-13)6-9-23-25-20)22-8-5-14(11-22)24-17-15(19)2-1-7-21-17/h1-4,7,10,14,25H,5-6,8-9,11H2. The molecule has 1 saturated heterocycles. The smallest absolute Gasteiger partial charge is 0.232 e. The van der Waals surface area contributed by atoms with Crippen LogP contribution >= 0.6 is 56.0 Å². The van der Waals surface area contributed by atoms with Crippen molar-refractivity contribution in [1.29, 1.82) is 0 Å². The van der Waals surface area contributed by atoms with Crippen molar-refractivity contribution in [2.75, 3.05) is 24.6 Å². The van der Waals surface area contributed by atoms with Crippen molar-refractivity contribution in [3.8, 4) is 5.88 Å². The molecule has 2 heterocycles. The Morgan fingerprint density at radius 1 is 1.40 bits per heavy atom. The fourth-order valence-electron chi connectivity index (χ4n) is 2.92. The van der Waals surface area contributed by atoms with Gasteiger partial charge in [0.05, 0.1) is 19.6 Å². The molecule has 1 aliphatic heterocycles. The molecule has 0 amide bonds. The Bertz CT molecular complexity index is 725. The maximum absolute atomic E-state index is 6.15. The van der Waals surface area contributed by atoms with E-state index in [1.54, 1.807) is 12.3 Å². The molecule has 1 aliphatic rings. The van der Waals surface area contributed by atoms with Gasteiger partial charge < -0.3 is 14.2 Å². The van der Waals surface area contributed by atoms with E-state index < -0.39 is 0 Å². The number of benzene rings is 1. The van der Waals surface area contributed by atoms with Gasteiger partial charge in [0.1, 0.15) is 11.1 Å². The Kier molecular flexibility index (Phi) is 7.61. The number of pyridine rings is 1. The Balaban J connectivity index is 1.68. The van der Waals surface area contributed by atoms with Gasteiger partial charge in [-0.05, 0) is 64.4 Å². The highest BCUT2D eigenvalue weighted by molar-refractivity contribution is 14.2. The van der Waals surface area contributed by atoms with E-state index in [0.29, 0.717) is 17.4 Å². The van der Waals surface area contributed by atoms with Crippen LogP contribution in [0.2, 0.25) is 5.02 Å². The molecule has 2 atom stereocenters. The Morgan fingerprint density at radius 3 is 3.08 bits per heavy atom. The van der Waals surface area contributed by atoms with Crippen LogP contribution in [0.25, 0.3) is 0 Å². The Labute approximate surface area is 176 Å². The molecule has 2 aromatic rings. The summed E-state index contributed by atoms with van der Waals surface area (Å²) in [6, 6.07) is 10.0. The lowest BCUT2D eigenvalue weighted by atomic mass is 10.1. The third-order valence-electron chi connectivity index (χ3n) is 4.06. The molecule has 3 rings (SSSR count). The van der Waals surface area contributed by atoms with E-state index in [9.17, 15) is 0 Å². The van der Waals surface area contributed by atoms with Gasteiger partial charge in [-0.3, -0.25) is 0 Å². The zero-order chi connectivity index (χ0) is 17.6. The van der Waals surface area contributed by atoms with Crippen LogP contribution in [0.1, 0.15) is 12.0 Å². The minimum atomic E-state index is 0.0935. The lowest BCUT2D eigenvalue weighted by Gasteiger charge is -2.22. The molecule has 1 aromatic carbocycles. The second-order valence-corrected chi connectivity index (χ2v) is 8.80. The second kappa shape index (κ2) is 9.70. The summed E-state index contributed by atoms with van der Waals surface area (Å²) in [5.74, 6) is 0.517. The van der Waals surface area contributed by atoms with Crippen LogP contribution in [0.15, 0.2) is 41.0 Å². The molecule has 0 bridgehead atoms. The number of hydrogen-bond donors (Lipinski definition) is 0. The van der Waals surface area contributed by atoms with E-state index in [1.807, 2.05) is 6.07 Å². The molecule has 0 spiro atoms. The summed E-state index contributed by atoms with van der Waals surface area (Å²) < 4.78 is 12.6. The molecule has 1 aromatic heterocycles. The summed E-state index contributed by atoms with van der Waals surface area (Å²) >= 11 is 12.0. The molecule has 1 fully saturated rings. The third kappa shape index (κ3) is 5.42. The molecule has 0 saturated carbocycles. The first-order chi connectivity index (χ1) is 12.2. The molecular weight excluding hydrogens is 537 g/mol. The van der Waals surface area contributed by atoms with Gasteiger partial charge in [-0.1, -0.05) is 27.5 Å². The Morgan fingerprint density at radius 2 is 2.28 bits per heavy atom. The van der Waals surface area contributed by atoms with Crippen LogP contribution in [-0.2, 0) is 10.9 Å². The summed E-state index contributed by atoms with van der Waals surface area (Å²) in [6.45, 7) is 3.02. The minimum absolute atomic E-state index is 0.0935. The number of aromatic nitrogens is 1. The van der Waals surface area contributed by atoms with E-state index in [2.05, 4.69) is 66.1 Å². The van der Waals surface area contributed by atoms with Crippen LogP contribution in [-0.4, -0.2) is 30.8 Å². The number of rotatable bonds is 7. The highest BCUT2D eigenvalue weighted by atomic mass is 127. The lowest BCUT2D eigenvalue weighted by molar-refractivity contribution is 0.216. The fraction of sp³-hybridized carbons (Fsp3) is 0.353. The SMILES string of the molecule is Clc1cccnc1OC1CCN(c2ccc(Br)cc2CCOPI)C1. The summed E-state index contributed by atoms with van der Waals surface area (Å²) in [6.07, 6.45) is 3.65. The molecule has 2 unspecified atom stereocenters. The van der Waals surface area contributed by atoms with Crippen molar-refractivity contribution in [1.82, 2.24) is 4.98 Å². The summed E-state index contributed by atoms with van der Waals surface area (Å²) in [5, 5.41) is 0.557.